The summed E-state index contributed by atoms with van der Waals surface area (Å²) < 4.78 is 12.1. The van der Waals surface area contributed by atoms with Crippen LogP contribution in [0.4, 0.5) is 0 Å². The van der Waals surface area contributed by atoms with Crippen LogP contribution in [0.5, 0.6) is 0 Å². The van der Waals surface area contributed by atoms with Crippen LogP contribution in [-0.2, 0) is 9.31 Å². The van der Waals surface area contributed by atoms with Crippen molar-refractivity contribution in [3.63, 3.8) is 0 Å². The van der Waals surface area contributed by atoms with Crippen molar-refractivity contribution in [2.45, 2.75) is 58.2 Å². The van der Waals surface area contributed by atoms with Gasteiger partial charge in [-0.05, 0) is 37.0 Å². The molecule has 0 aromatic carbocycles. The van der Waals surface area contributed by atoms with Crippen molar-refractivity contribution >= 4 is 7.12 Å². The van der Waals surface area contributed by atoms with Crippen molar-refractivity contribution in [1.82, 2.24) is 0 Å². The van der Waals surface area contributed by atoms with Crippen LogP contribution in [0.15, 0.2) is 0 Å². The van der Waals surface area contributed by atoms with Gasteiger partial charge in [-0.1, -0.05) is 20.8 Å². The minimum atomic E-state index is -0.204. The molecule has 16 heavy (non-hydrogen) atoms. The van der Waals surface area contributed by atoms with E-state index < -0.39 is 0 Å². The highest BCUT2D eigenvalue weighted by Crippen LogP contribution is 2.65. The highest BCUT2D eigenvalue weighted by Gasteiger charge is 2.68. The topological polar surface area (TPSA) is 44.5 Å². The van der Waals surface area contributed by atoms with Gasteiger partial charge in [-0.3, -0.25) is 0 Å². The minimum Gasteiger partial charge on any atom is -0.404 e. The lowest BCUT2D eigenvalue weighted by Crippen LogP contribution is -2.65. The number of nitrogens with two attached hydrogens (primary N) is 1. The van der Waals surface area contributed by atoms with Crippen LogP contribution in [0, 0.1) is 17.3 Å². The summed E-state index contributed by atoms with van der Waals surface area (Å²) in [5.41, 5.74) is 6.20. The average Bonchev–Trinajstić information content (AvgIpc) is 2.54. The van der Waals surface area contributed by atoms with Gasteiger partial charge in [0.05, 0.1) is 11.7 Å². The molecule has 4 fully saturated rings. The van der Waals surface area contributed by atoms with Crippen molar-refractivity contribution in [3.8, 4) is 0 Å². The number of rotatable bonds is 1. The summed E-state index contributed by atoms with van der Waals surface area (Å²) >= 11 is 0. The van der Waals surface area contributed by atoms with E-state index in [0.29, 0.717) is 11.3 Å². The Bertz CT molecular complexity index is 320. The predicted molar refractivity (Wildman–Crippen MR) is 63.8 cm³/mol. The van der Waals surface area contributed by atoms with Gasteiger partial charge in [0, 0.05) is 5.94 Å². The van der Waals surface area contributed by atoms with Crippen LogP contribution >= 0.6 is 0 Å². The second-order valence-electron chi connectivity index (χ2n) is 6.70. The first-order valence-electron chi connectivity index (χ1n) is 6.44. The maximum atomic E-state index is 6.15. The molecular formula is C12H22BNO2. The summed E-state index contributed by atoms with van der Waals surface area (Å²) in [6.45, 7) is 8.93. The second-order valence-corrected chi connectivity index (χ2v) is 6.70. The Labute approximate surface area is 98.2 Å². The fourth-order valence-electron chi connectivity index (χ4n) is 4.13. The van der Waals surface area contributed by atoms with Gasteiger partial charge in [0.2, 0.25) is 0 Å². The molecule has 0 aromatic rings. The molecule has 5 atom stereocenters. The SMILES string of the molecule is C[C@H](N)B1OC2CC3C[C@@H](C3(C)C)[C@]2(C)O1. The fraction of sp³-hybridized carbons (Fsp3) is 1.00. The molecule has 0 aromatic heterocycles. The van der Waals surface area contributed by atoms with E-state index in [1.165, 1.54) is 6.42 Å². The summed E-state index contributed by atoms with van der Waals surface area (Å²) in [6.07, 6.45) is 2.71. The Morgan fingerprint density at radius 3 is 2.56 bits per heavy atom. The van der Waals surface area contributed by atoms with Crippen LogP contribution in [0.1, 0.15) is 40.5 Å². The Hall–Kier alpha value is -0.0551. The van der Waals surface area contributed by atoms with Crippen LogP contribution in [0.3, 0.4) is 0 Å². The van der Waals surface area contributed by atoms with E-state index in [9.17, 15) is 0 Å². The first kappa shape index (κ1) is 11.1. The third-order valence-electron chi connectivity index (χ3n) is 5.40. The molecule has 2 bridgehead atoms. The maximum Gasteiger partial charge on any atom is 0.475 e. The Kier molecular flexibility index (Phi) is 2.10. The van der Waals surface area contributed by atoms with Gasteiger partial charge in [0.1, 0.15) is 0 Å². The second kappa shape index (κ2) is 3.03. The lowest BCUT2D eigenvalue weighted by molar-refractivity contribution is -0.199. The normalized spacial score (nSPS) is 50.8. The average molecular weight is 223 g/mol. The van der Waals surface area contributed by atoms with Gasteiger partial charge in [-0.15, -0.1) is 0 Å². The smallest absolute Gasteiger partial charge is 0.404 e. The van der Waals surface area contributed by atoms with Crippen LogP contribution < -0.4 is 5.73 Å². The van der Waals surface area contributed by atoms with Crippen molar-refractivity contribution in [2.75, 3.05) is 0 Å². The third-order valence-corrected chi connectivity index (χ3v) is 5.40. The molecule has 3 aliphatic carbocycles. The van der Waals surface area contributed by atoms with Crippen LogP contribution in [0.25, 0.3) is 0 Å². The van der Waals surface area contributed by atoms with Crippen molar-refractivity contribution < 1.29 is 9.31 Å². The quantitative estimate of drug-likeness (QED) is 0.686. The number of hydrogen-bond donors (Lipinski definition) is 1. The highest BCUT2D eigenvalue weighted by molar-refractivity contribution is 6.47. The van der Waals surface area contributed by atoms with Crippen molar-refractivity contribution in [3.05, 3.63) is 0 Å². The fourth-order valence-corrected chi connectivity index (χ4v) is 4.13. The minimum absolute atomic E-state index is 0.0391. The molecule has 0 amide bonds. The van der Waals surface area contributed by atoms with Crippen molar-refractivity contribution in [2.24, 2.45) is 23.0 Å². The van der Waals surface area contributed by atoms with E-state index in [4.69, 9.17) is 15.0 Å². The molecule has 1 aliphatic heterocycles. The van der Waals surface area contributed by atoms with E-state index in [-0.39, 0.29) is 24.8 Å². The van der Waals surface area contributed by atoms with Crippen LogP contribution in [0.2, 0.25) is 0 Å². The highest BCUT2D eigenvalue weighted by atomic mass is 16.7. The van der Waals surface area contributed by atoms with E-state index >= 15 is 0 Å². The monoisotopic (exact) mass is 223 g/mol. The van der Waals surface area contributed by atoms with Gasteiger partial charge in [-0.2, -0.15) is 0 Å². The van der Waals surface area contributed by atoms with Gasteiger partial charge in [0.15, 0.2) is 0 Å². The standard InChI is InChI=1S/C12H22BNO2/c1-7(14)13-15-10-6-8-5-9(11(8,2)3)12(10,4)16-13/h7-10H,5-6,14H2,1-4H3/t7-,8?,9-,10?,12-/m0/s1. The zero-order valence-electron chi connectivity index (χ0n) is 10.7. The van der Waals surface area contributed by atoms with Gasteiger partial charge < -0.3 is 15.0 Å². The van der Waals surface area contributed by atoms with E-state index in [0.717, 1.165) is 12.3 Å². The molecule has 4 rings (SSSR count). The summed E-state index contributed by atoms with van der Waals surface area (Å²) in [5.74, 6) is 1.40. The third kappa shape index (κ3) is 1.16. The molecule has 0 radical (unpaired) electrons. The first-order chi connectivity index (χ1) is 7.35. The summed E-state index contributed by atoms with van der Waals surface area (Å²) in [6, 6.07) is 0. The molecular weight excluding hydrogens is 201 g/mol. The summed E-state index contributed by atoms with van der Waals surface area (Å²) in [5, 5.41) is 0. The first-order valence-corrected chi connectivity index (χ1v) is 6.44. The van der Waals surface area contributed by atoms with E-state index in [2.05, 4.69) is 20.8 Å². The summed E-state index contributed by atoms with van der Waals surface area (Å²) in [7, 11) is -0.204. The zero-order valence-corrected chi connectivity index (χ0v) is 10.7. The molecule has 2 unspecified atom stereocenters. The Morgan fingerprint density at radius 1 is 1.31 bits per heavy atom. The van der Waals surface area contributed by atoms with Gasteiger partial charge in [0.25, 0.3) is 0 Å². The Balaban J connectivity index is 1.87. The molecule has 1 saturated heterocycles. The van der Waals surface area contributed by atoms with Gasteiger partial charge >= 0.3 is 7.12 Å². The largest absolute Gasteiger partial charge is 0.475 e. The zero-order chi connectivity index (χ0) is 11.7. The van der Waals surface area contributed by atoms with Crippen molar-refractivity contribution in [1.29, 1.82) is 0 Å². The maximum absolute atomic E-state index is 6.15. The van der Waals surface area contributed by atoms with Gasteiger partial charge in [-0.25, -0.2) is 0 Å². The molecule has 3 saturated carbocycles. The molecule has 4 aliphatic rings. The lowest BCUT2D eigenvalue weighted by atomic mass is 9.43. The lowest BCUT2D eigenvalue weighted by Gasteiger charge is -2.64. The number of hydrogen-bond acceptors (Lipinski definition) is 3. The molecule has 2 N–H and O–H groups in total. The predicted octanol–water partition coefficient (Wildman–Crippen LogP) is 1.60. The molecule has 1 heterocycles. The molecule has 4 heteroatoms. The molecule has 3 nitrogen and oxygen atoms in total. The molecule has 0 spiro atoms. The Morgan fingerprint density at radius 2 is 2.00 bits per heavy atom. The van der Waals surface area contributed by atoms with Crippen LogP contribution in [-0.4, -0.2) is 24.8 Å². The molecule has 90 valence electrons. The van der Waals surface area contributed by atoms with E-state index in [1.54, 1.807) is 0 Å². The summed E-state index contributed by atoms with van der Waals surface area (Å²) in [4.78, 5) is 0. The van der Waals surface area contributed by atoms with E-state index in [1.807, 2.05) is 6.92 Å².